The Labute approximate surface area is 213 Å². The van der Waals surface area contributed by atoms with Crippen LogP contribution in [0, 0.1) is 6.92 Å². The molecule has 3 rings (SSSR count). The van der Waals surface area contributed by atoms with E-state index >= 15 is 4.39 Å². The molecule has 9 heteroatoms. The number of allylic oxidation sites excluding steroid dienone is 1. The van der Waals surface area contributed by atoms with E-state index in [0.717, 1.165) is 5.56 Å². The molecule has 0 radical (unpaired) electrons. The number of ether oxygens (including phenoxy) is 2. The molecule has 35 heavy (non-hydrogen) atoms. The van der Waals surface area contributed by atoms with Gasteiger partial charge in [0.15, 0.2) is 0 Å². The number of methoxy groups -OCH3 is 2. The minimum atomic E-state index is -0.557. The molecule has 1 aromatic heterocycles. The maximum atomic E-state index is 15.5. The van der Waals surface area contributed by atoms with E-state index in [9.17, 15) is 4.79 Å². The van der Waals surface area contributed by atoms with Gasteiger partial charge < -0.3 is 20.1 Å². The van der Waals surface area contributed by atoms with Crippen molar-refractivity contribution < 1.29 is 18.7 Å². The Morgan fingerprint density at radius 3 is 2.31 bits per heavy atom. The molecule has 0 fully saturated rings. The minimum Gasteiger partial charge on any atom is -0.495 e. The van der Waals surface area contributed by atoms with Gasteiger partial charge in [-0.2, -0.15) is 0 Å². The Hall–Kier alpha value is -3.55. The van der Waals surface area contributed by atoms with Gasteiger partial charge in [0.25, 0.3) is 0 Å². The number of hydrogen-bond donors (Lipinski definition) is 2. The van der Waals surface area contributed by atoms with Crippen LogP contribution in [0.2, 0.25) is 10.0 Å². The summed E-state index contributed by atoms with van der Waals surface area (Å²) in [6.45, 7) is 6.93. The number of para-hydroxylation sites is 1. The Morgan fingerprint density at radius 1 is 1.11 bits per heavy atom. The zero-order valence-corrected chi connectivity index (χ0v) is 21.1. The molecule has 0 aliphatic rings. The minimum absolute atomic E-state index is 0.172. The van der Waals surface area contributed by atoms with Crippen LogP contribution in [0.4, 0.5) is 21.6 Å². The standard InChI is InChI=1S/C26H24Cl2FN3O3/c1-6-21(33)31-17-9-7-8-14(2)26(17)32-20-11-10-16(13-30-20)25(29)15(3)22-23(27)18(34-4)12-19(35-5)24(22)28/h6-13H,1H2,2-5H3,(H,30,32)(H,31,33)/b25-15-. The summed E-state index contributed by atoms with van der Waals surface area (Å²) < 4.78 is 26.0. The van der Waals surface area contributed by atoms with Crippen LogP contribution in [-0.4, -0.2) is 25.1 Å². The molecule has 2 N–H and O–H groups in total. The van der Waals surface area contributed by atoms with Gasteiger partial charge in [-0.15, -0.1) is 0 Å². The fourth-order valence-electron chi connectivity index (χ4n) is 3.39. The number of carbonyl (C=O) groups is 1. The van der Waals surface area contributed by atoms with Crippen molar-refractivity contribution in [2.45, 2.75) is 13.8 Å². The first-order valence-corrected chi connectivity index (χ1v) is 11.2. The van der Waals surface area contributed by atoms with Crippen molar-refractivity contribution in [3.8, 4) is 11.5 Å². The smallest absolute Gasteiger partial charge is 0.247 e. The molecule has 182 valence electrons. The first-order valence-electron chi connectivity index (χ1n) is 10.4. The normalized spacial score (nSPS) is 11.4. The van der Waals surface area contributed by atoms with Crippen molar-refractivity contribution in [2.75, 3.05) is 24.9 Å². The number of nitrogens with one attached hydrogen (secondary N) is 2. The summed E-state index contributed by atoms with van der Waals surface area (Å²) in [5.74, 6) is 0.187. The predicted octanol–water partition coefficient (Wildman–Crippen LogP) is 7.44. The number of aromatic nitrogens is 1. The van der Waals surface area contributed by atoms with Crippen molar-refractivity contribution in [2.24, 2.45) is 0 Å². The molecule has 0 atom stereocenters. The summed E-state index contributed by atoms with van der Waals surface area (Å²) in [5, 5.41) is 6.27. The highest BCUT2D eigenvalue weighted by atomic mass is 35.5. The molecule has 3 aromatic rings. The molecule has 2 aromatic carbocycles. The van der Waals surface area contributed by atoms with Crippen LogP contribution in [-0.2, 0) is 4.79 Å². The molecule has 0 unspecified atom stereocenters. The lowest BCUT2D eigenvalue weighted by atomic mass is 10.0. The quantitative estimate of drug-likeness (QED) is 0.305. The monoisotopic (exact) mass is 515 g/mol. The lowest BCUT2D eigenvalue weighted by Crippen LogP contribution is -2.10. The molecule has 0 aliphatic carbocycles. The van der Waals surface area contributed by atoms with Crippen molar-refractivity contribution >= 4 is 57.7 Å². The van der Waals surface area contributed by atoms with E-state index < -0.39 is 5.83 Å². The van der Waals surface area contributed by atoms with Crippen LogP contribution in [0.15, 0.2) is 55.3 Å². The SMILES string of the molecule is C=CC(=O)Nc1cccc(C)c1Nc1ccc(/C(F)=C(\C)c2c(Cl)c(OC)cc(OC)c2Cl)cn1. The molecule has 0 saturated heterocycles. The molecule has 1 heterocycles. The Bertz CT molecular complexity index is 1280. The number of amides is 1. The Kier molecular flexibility index (Phi) is 8.38. The number of halogens is 3. The van der Waals surface area contributed by atoms with Crippen LogP contribution >= 0.6 is 23.2 Å². The van der Waals surface area contributed by atoms with Gasteiger partial charge in [0.2, 0.25) is 5.91 Å². The van der Waals surface area contributed by atoms with E-state index in [0.29, 0.717) is 28.7 Å². The highest BCUT2D eigenvalue weighted by molar-refractivity contribution is 6.39. The van der Waals surface area contributed by atoms with Crippen molar-refractivity contribution in [1.29, 1.82) is 0 Å². The Balaban J connectivity index is 1.96. The maximum absolute atomic E-state index is 15.5. The van der Waals surface area contributed by atoms with Crippen molar-refractivity contribution in [1.82, 2.24) is 4.98 Å². The average Bonchev–Trinajstić information content (AvgIpc) is 2.86. The second-order valence-electron chi connectivity index (χ2n) is 7.47. The van der Waals surface area contributed by atoms with E-state index in [1.54, 1.807) is 31.2 Å². The molecule has 6 nitrogen and oxygen atoms in total. The number of pyridine rings is 1. The number of aryl methyl sites for hydroxylation is 1. The van der Waals surface area contributed by atoms with E-state index in [-0.39, 0.29) is 32.7 Å². The molecular formula is C26H24Cl2FN3O3. The molecule has 0 aliphatic heterocycles. The number of carbonyl (C=O) groups excluding carboxylic acids is 1. The van der Waals surface area contributed by atoms with Gasteiger partial charge >= 0.3 is 0 Å². The topological polar surface area (TPSA) is 72.5 Å². The Morgan fingerprint density at radius 2 is 1.77 bits per heavy atom. The van der Waals surface area contributed by atoms with Crippen molar-refractivity contribution in [3.63, 3.8) is 0 Å². The summed E-state index contributed by atoms with van der Waals surface area (Å²) in [6, 6.07) is 10.2. The van der Waals surface area contributed by atoms with E-state index in [4.69, 9.17) is 32.7 Å². The van der Waals surface area contributed by atoms with Crippen LogP contribution in [0.1, 0.15) is 23.6 Å². The fraction of sp³-hybridized carbons (Fsp3) is 0.154. The summed E-state index contributed by atoms with van der Waals surface area (Å²) in [4.78, 5) is 16.1. The summed E-state index contributed by atoms with van der Waals surface area (Å²) >= 11 is 12.9. The first-order chi connectivity index (χ1) is 16.7. The van der Waals surface area contributed by atoms with Gasteiger partial charge in [0.1, 0.15) is 23.1 Å². The van der Waals surface area contributed by atoms with Gasteiger partial charge in [-0.25, -0.2) is 9.37 Å². The maximum Gasteiger partial charge on any atom is 0.247 e. The van der Waals surface area contributed by atoms with Gasteiger partial charge in [0, 0.05) is 23.4 Å². The molecule has 0 bridgehead atoms. The third kappa shape index (κ3) is 5.58. The van der Waals surface area contributed by atoms with Crippen LogP contribution < -0.4 is 20.1 Å². The largest absolute Gasteiger partial charge is 0.495 e. The third-order valence-corrected chi connectivity index (χ3v) is 6.01. The van der Waals surface area contributed by atoms with E-state index in [1.807, 2.05) is 19.1 Å². The number of nitrogens with zero attached hydrogens (tertiary/aromatic N) is 1. The second kappa shape index (κ2) is 11.3. The molecule has 1 amide bonds. The van der Waals surface area contributed by atoms with E-state index in [2.05, 4.69) is 22.2 Å². The van der Waals surface area contributed by atoms with E-state index in [1.165, 1.54) is 26.5 Å². The third-order valence-electron chi connectivity index (χ3n) is 5.26. The zero-order valence-electron chi connectivity index (χ0n) is 19.6. The first kappa shape index (κ1) is 26.1. The van der Waals surface area contributed by atoms with Gasteiger partial charge in [-0.3, -0.25) is 4.79 Å². The summed E-state index contributed by atoms with van der Waals surface area (Å²) in [6.07, 6.45) is 2.58. The summed E-state index contributed by atoms with van der Waals surface area (Å²) in [7, 11) is 2.90. The van der Waals surface area contributed by atoms with Crippen LogP contribution in [0.3, 0.4) is 0 Å². The molecular weight excluding hydrogens is 492 g/mol. The second-order valence-corrected chi connectivity index (χ2v) is 8.23. The van der Waals surface area contributed by atoms with Gasteiger partial charge in [-0.1, -0.05) is 41.9 Å². The molecule has 0 saturated carbocycles. The fourth-order valence-corrected chi connectivity index (χ4v) is 4.17. The van der Waals surface area contributed by atoms with Crippen molar-refractivity contribution in [3.05, 3.63) is 82.0 Å². The highest BCUT2D eigenvalue weighted by Gasteiger charge is 2.21. The number of rotatable bonds is 8. The van der Waals surface area contributed by atoms with Gasteiger partial charge in [0.05, 0.1) is 35.6 Å². The highest BCUT2D eigenvalue weighted by Crippen LogP contribution is 2.45. The van der Waals surface area contributed by atoms with Crippen LogP contribution in [0.25, 0.3) is 11.4 Å². The summed E-state index contributed by atoms with van der Waals surface area (Å²) in [5.41, 5.74) is 2.82. The lowest BCUT2D eigenvalue weighted by Gasteiger charge is -2.16. The lowest BCUT2D eigenvalue weighted by molar-refractivity contribution is -0.111. The van der Waals surface area contributed by atoms with Gasteiger partial charge in [-0.05, 0) is 49.3 Å². The zero-order chi connectivity index (χ0) is 25.7. The average molecular weight is 516 g/mol. The number of benzene rings is 2. The van der Waals surface area contributed by atoms with Crippen LogP contribution in [0.5, 0.6) is 11.5 Å². The molecule has 0 spiro atoms. The number of anilines is 3. The number of hydrogen-bond acceptors (Lipinski definition) is 5. The predicted molar refractivity (Wildman–Crippen MR) is 141 cm³/mol.